The number of thiazole rings is 1. The first-order valence-electron chi connectivity index (χ1n) is 12.7. The van der Waals surface area contributed by atoms with Crippen LogP contribution in [0.3, 0.4) is 0 Å². The lowest BCUT2D eigenvalue weighted by Gasteiger charge is -2.30. The van der Waals surface area contributed by atoms with Gasteiger partial charge in [0.05, 0.1) is 58.5 Å². The van der Waals surface area contributed by atoms with E-state index in [1.807, 2.05) is 6.92 Å². The standard InChI is InChI=1S/C25H28N6O5S2/c1-2-35-23-11-26-9-20(29-23)22-10-28-25(37-22)24(32)30-21(13-31-12-16-7-15(31)14-36-16)19-8-18(5-6-27-19)38(33,34)17-3-4-17/h5-6,8-11,15-17,21H,2-4,7,12-14H2,1H3,(H,30,32)/t15-,16-,21-/m1/s1. The van der Waals surface area contributed by atoms with E-state index in [4.69, 9.17) is 9.47 Å². The van der Waals surface area contributed by atoms with Gasteiger partial charge in [0.2, 0.25) is 5.88 Å². The van der Waals surface area contributed by atoms with E-state index in [0.29, 0.717) is 54.7 Å². The normalized spacial score (nSPS) is 21.9. The van der Waals surface area contributed by atoms with E-state index in [-0.39, 0.29) is 33.2 Å². The number of ether oxygens (including phenoxy) is 2. The number of rotatable bonds is 10. The molecule has 2 saturated heterocycles. The number of pyridine rings is 1. The minimum absolute atomic E-state index is 0.195. The maximum atomic E-state index is 13.4. The molecule has 6 rings (SSSR count). The highest BCUT2D eigenvalue weighted by Crippen LogP contribution is 2.35. The van der Waals surface area contributed by atoms with Crippen molar-refractivity contribution < 1.29 is 22.7 Å². The third-order valence-corrected chi connectivity index (χ3v) is 10.3. The second-order valence-electron chi connectivity index (χ2n) is 9.69. The van der Waals surface area contributed by atoms with Gasteiger partial charge in [-0.05, 0) is 38.3 Å². The maximum absolute atomic E-state index is 13.4. The van der Waals surface area contributed by atoms with Gasteiger partial charge in [0.15, 0.2) is 14.8 Å². The topological polar surface area (TPSA) is 136 Å². The molecule has 5 heterocycles. The first-order valence-corrected chi connectivity index (χ1v) is 15.0. The van der Waals surface area contributed by atoms with Crippen molar-refractivity contribution in [3.63, 3.8) is 0 Å². The lowest BCUT2D eigenvalue weighted by Crippen LogP contribution is -2.44. The summed E-state index contributed by atoms with van der Waals surface area (Å²) in [6, 6.07) is 2.89. The molecule has 0 radical (unpaired) electrons. The van der Waals surface area contributed by atoms with Crippen molar-refractivity contribution in [3.05, 3.63) is 47.6 Å². The van der Waals surface area contributed by atoms with Crippen LogP contribution in [0.5, 0.6) is 5.88 Å². The number of morpholine rings is 1. The van der Waals surface area contributed by atoms with Gasteiger partial charge in [0.25, 0.3) is 5.91 Å². The Hall–Kier alpha value is -3.00. The zero-order valence-corrected chi connectivity index (χ0v) is 22.5. The SMILES string of the molecule is CCOc1cncc(-c2cnc(C(=O)N[C@H](CN3C[C@H]4C[C@@H]3CO4)c3cc(S(=O)(=O)C4CC4)ccn3)s2)n1. The smallest absolute Gasteiger partial charge is 0.280 e. The number of nitrogens with one attached hydrogen (secondary N) is 1. The molecule has 2 aliphatic heterocycles. The fraction of sp³-hybridized carbons (Fsp3) is 0.480. The Balaban J connectivity index is 1.25. The van der Waals surface area contributed by atoms with E-state index in [9.17, 15) is 13.2 Å². The molecule has 3 aromatic rings. The number of fused-ring (bicyclic) bond motifs is 2. The summed E-state index contributed by atoms with van der Waals surface area (Å²) in [6.45, 7) is 4.26. The maximum Gasteiger partial charge on any atom is 0.280 e. The number of carbonyl (C=O) groups excluding carboxylic acids is 1. The van der Waals surface area contributed by atoms with Crippen LogP contribution in [0, 0.1) is 0 Å². The zero-order chi connectivity index (χ0) is 26.3. The van der Waals surface area contributed by atoms with Gasteiger partial charge in [-0.2, -0.15) is 0 Å². The lowest BCUT2D eigenvalue weighted by molar-refractivity contribution is 0.0265. The minimum atomic E-state index is -3.39. The molecule has 0 aromatic carbocycles. The first kappa shape index (κ1) is 25.3. The minimum Gasteiger partial charge on any atom is -0.477 e. The predicted octanol–water partition coefficient (Wildman–Crippen LogP) is 2.27. The lowest BCUT2D eigenvalue weighted by atomic mass is 10.1. The number of hydrogen-bond acceptors (Lipinski definition) is 11. The van der Waals surface area contributed by atoms with Crippen LogP contribution in [-0.4, -0.2) is 82.9 Å². The van der Waals surface area contributed by atoms with E-state index in [2.05, 4.69) is 30.2 Å². The van der Waals surface area contributed by atoms with Crippen LogP contribution in [0.2, 0.25) is 0 Å². The van der Waals surface area contributed by atoms with Crippen molar-refractivity contribution in [1.29, 1.82) is 0 Å². The Morgan fingerprint density at radius 1 is 1.29 bits per heavy atom. The van der Waals surface area contributed by atoms with E-state index < -0.39 is 15.9 Å². The van der Waals surface area contributed by atoms with Crippen LogP contribution in [0.1, 0.15) is 47.7 Å². The zero-order valence-electron chi connectivity index (χ0n) is 20.8. The highest BCUT2D eigenvalue weighted by molar-refractivity contribution is 7.92. The van der Waals surface area contributed by atoms with Crippen LogP contribution in [0.4, 0.5) is 0 Å². The molecule has 3 aliphatic rings. The van der Waals surface area contributed by atoms with Gasteiger partial charge in [0, 0.05) is 31.5 Å². The number of nitrogens with zero attached hydrogens (tertiary/aromatic N) is 5. The van der Waals surface area contributed by atoms with Crippen LogP contribution >= 0.6 is 11.3 Å². The third kappa shape index (κ3) is 5.15. The Kier molecular flexibility index (Phi) is 6.84. The Labute approximate surface area is 224 Å². The monoisotopic (exact) mass is 556 g/mol. The first-order chi connectivity index (χ1) is 18.4. The molecule has 13 heteroatoms. The van der Waals surface area contributed by atoms with Crippen molar-refractivity contribution in [3.8, 4) is 16.5 Å². The summed E-state index contributed by atoms with van der Waals surface area (Å²) in [5, 5.41) is 3.01. The molecule has 1 aliphatic carbocycles. The highest BCUT2D eigenvalue weighted by Gasteiger charge is 2.41. The fourth-order valence-corrected chi connectivity index (χ4v) is 7.37. The summed E-state index contributed by atoms with van der Waals surface area (Å²) in [5.74, 6) is 0.0403. The van der Waals surface area contributed by atoms with Crippen LogP contribution in [-0.2, 0) is 14.6 Å². The number of sulfone groups is 1. The quantitative estimate of drug-likeness (QED) is 0.396. The summed E-state index contributed by atoms with van der Waals surface area (Å²) >= 11 is 1.20. The average molecular weight is 557 g/mol. The molecule has 1 saturated carbocycles. The van der Waals surface area contributed by atoms with Crippen molar-refractivity contribution in [2.75, 3.05) is 26.3 Å². The molecular weight excluding hydrogens is 528 g/mol. The molecule has 3 fully saturated rings. The van der Waals surface area contributed by atoms with E-state index in [0.717, 1.165) is 13.0 Å². The molecule has 38 heavy (non-hydrogen) atoms. The molecule has 2 bridgehead atoms. The molecule has 11 nitrogen and oxygen atoms in total. The molecule has 3 aromatic heterocycles. The Morgan fingerprint density at radius 2 is 2.16 bits per heavy atom. The van der Waals surface area contributed by atoms with Gasteiger partial charge in [-0.3, -0.25) is 19.7 Å². The number of amides is 1. The fourth-order valence-electron chi connectivity index (χ4n) is 4.92. The highest BCUT2D eigenvalue weighted by atomic mass is 32.2. The number of hydrogen-bond donors (Lipinski definition) is 1. The molecule has 0 unspecified atom stereocenters. The summed E-state index contributed by atoms with van der Waals surface area (Å²) in [5.41, 5.74) is 1.08. The van der Waals surface area contributed by atoms with Gasteiger partial charge in [0.1, 0.15) is 5.69 Å². The van der Waals surface area contributed by atoms with E-state index in [1.165, 1.54) is 29.8 Å². The Morgan fingerprint density at radius 3 is 2.89 bits per heavy atom. The van der Waals surface area contributed by atoms with E-state index >= 15 is 0 Å². The van der Waals surface area contributed by atoms with Gasteiger partial charge in [-0.15, -0.1) is 11.3 Å². The summed E-state index contributed by atoms with van der Waals surface area (Å²) in [4.78, 5) is 34.0. The molecule has 3 atom stereocenters. The second-order valence-corrected chi connectivity index (χ2v) is 12.9. The molecule has 1 N–H and O–H groups in total. The Bertz CT molecular complexity index is 1440. The van der Waals surface area contributed by atoms with Crippen molar-refractivity contribution in [1.82, 2.24) is 30.2 Å². The summed E-state index contributed by atoms with van der Waals surface area (Å²) in [7, 11) is -3.39. The van der Waals surface area contributed by atoms with Gasteiger partial charge < -0.3 is 14.8 Å². The molecular formula is C25H28N6O5S2. The van der Waals surface area contributed by atoms with Gasteiger partial charge in [-0.1, -0.05) is 0 Å². The van der Waals surface area contributed by atoms with Gasteiger partial charge >= 0.3 is 0 Å². The van der Waals surface area contributed by atoms with Crippen molar-refractivity contribution in [2.45, 2.75) is 54.5 Å². The van der Waals surface area contributed by atoms with Crippen molar-refractivity contribution >= 4 is 27.1 Å². The largest absolute Gasteiger partial charge is 0.477 e. The number of carbonyl (C=O) groups is 1. The number of likely N-dealkylation sites (tertiary alicyclic amines) is 1. The molecule has 0 spiro atoms. The molecule has 200 valence electrons. The second kappa shape index (κ2) is 10.3. The third-order valence-electron chi connectivity index (χ3n) is 6.99. The van der Waals surface area contributed by atoms with Crippen LogP contribution in [0.25, 0.3) is 10.6 Å². The predicted molar refractivity (Wildman–Crippen MR) is 139 cm³/mol. The molecule has 1 amide bonds. The summed E-state index contributed by atoms with van der Waals surface area (Å²) in [6.07, 6.45) is 8.75. The van der Waals surface area contributed by atoms with Gasteiger partial charge in [-0.25, -0.2) is 18.4 Å². The summed E-state index contributed by atoms with van der Waals surface area (Å²) < 4.78 is 36.9. The van der Waals surface area contributed by atoms with E-state index in [1.54, 1.807) is 18.5 Å². The number of aromatic nitrogens is 4. The van der Waals surface area contributed by atoms with Crippen LogP contribution in [0.15, 0.2) is 41.8 Å². The van der Waals surface area contributed by atoms with Crippen LogP contribution < -0.4 is 10.1 Å². The average Bonchev–Trinajstić information content (AvgIpc) is 3.32. The van der Waals surface area contributed by atoms with Crippen molar-refractivity contribution in [2.24, 2.45) is 0 Å².